The summed E-state index contributed by atoms with van der Waals surface area (Å²) in [6.45, 7) is 5.12. The molecule has 0 amide bonds. The van der Waals surface area contributed by atoms with Crippen molar-refractivity contribution in [1.82, 2.24) is 0 Å². The van der Waals surface area contributed by atoms with Crippen molar-refractivity contribution in [3.05, 3.63) is 97.2 Å². The van der Waals surface area contributed by atoms with Crippen molar-refractivity contribution in [2.24, 2.45) is 0 Å². The zero-order valence-corrected chi connectivity index (χ0v) is 43.3. The Hall–Kier alpha value is -2.58. The van der Waals surface area contributed by atoms with Gasteiger partial charge in [0.15, 0.2) is 0 Å². The number of nitrogens with zero attached hydrogens (tertiary/aromatic N) is 1. The van der Waals surface area contributed by atoms with Crippen LogP contribution in [0.4, 0.5) is 0 Å². The lowest BCUT2D eigenvalue weighted by atomic mass is 10.0. The highest BCUT2D eigenvalue weighted by Gasteiger charge is 2.20. The van der Waals surface area contributed by atoms with Gasteiger partial charge in [0.2, 0.25) is 0 Å². The number of quaternary nitrogens is 1. The maximum atomic E-state index is 12.8. The van der Waals surface area contributed by atoms with Crippen LogP contribution >= 0.6 is 7.82 Å². The van der Waals surface area contributed by atoms with E-state index in [-0.39, 0.29) is 25.8 Å². The summed E-state index contributed by atoms with van der Waals surface area (Å²) in [4.78, 5) is 25.2. The standard InChI is InChI=1S/C56H98NO7P/c1-6-8-10-12-14-16-18-20-22-24-26-28-29-30-31-33-35-37-39-41-43-45-47-49-56(58)64-55(54-63-65(59,60)62-52-50-57(3,4)5)53-61-51-48-46-44-42-40-38-36-34-32-27-25-23-21-19-17-15-13-11-9-7-2/h9,11,15,17-18,20-21,23-24,26-27,32,36,38,42,44,55H,6-8,10,12-14,16,19,22,25,28-31,33-35,37,39-41,43,45-54H2,1-5H3/b11-9-,17-15-,20-18-,23-21-,26-24-,32-27-,38-36-,44-42-. The van der Waals surface area contributed by atoms with Gasteiger partial charge in [0.25, 0.3) is 7.82 Å². The summed E-state index contributed by atoms with van der Waals surface area (Å²) < 4.78 is 34.7. The molecule has 0 fully saturated rings. The van der Waals surface area contributed by atoms with Crippen molar-refractivity contribution < 1.29 is 37.3 Å². The zero-order chi connectivity index (χ0) is 47.6. The zero-order valence-electron chi connectivity index (χ0n) is 42.4. The summed E-state index contributed by atoms with van der Waals surface area (Å²) >= 11 is 0. The summed E-state index contributed by atoms with van der Waals surface area (Å²) in [7, 11) is 1.31. The predicted octanol–water partition coefficient (Wildman–Crippen LogP) is 15.5. The number of hydrogen-bond acceptors (Lipinski definition) is 7. The Bertz CT molecular complexity index is 1360. The number of carbonyl (C=O) groups is 1. The first-order chi connectivity index (χ1) is 31.6. The molecule has 0 aliphatic carbocycles. The lowest BCUT2D eigenvalue weighted by molar-refractivity contribution is -0.870. The van der Waals surface area contributed by atoms with Gasteiger partial charge in [0, 0.05) is 13.0 Å². The van der Waals surface area contributed by atoms with Crippen molar-refractivity contribution in [1.29, 1.82) is 0 Å². The molecular weight excluding hydrogens is 830 g/mol. The number of likely N-dealkylation sites (N-methyl/N-ethyl adjacent to an activating group) is 1. The van der Waals surface area contributed by atoms with Crippen molar-refractivity contribution in [3.63, 3.8) is 0 Å². The summed E-state index contributed by atoms with van der Waals surface area (Å²) in [6.07, 6.45) is 65.9. The van der Waals surface area contributed by atoms with Crippen molar-refractivity contribution in [2.45, 2.75) is 200 Å². The maximum absolute atomic E-state index is 12.8. The van der Waals surface area contributed by atoms with E-state index >= 15 is 0 Å². The van der Waals surface area contributed by atoms with E-state index in [2.05, 4.69) is 111 Å². The fourth-order valence-electron chi connectivity index (χ4n) is 6.65. The number of ether oxygens (including phenoxy) is 2. The highest BCUT2D eigenvalue weighted by molar-refractivity contribution is 7.45. The van der Waals surface area contributed by atoms with Gasteiger partial charge >= 0.3 is 5.97 Å². The molecule has 0 aliphatic rings. The largest absolute Gasteiger partial charge is 0.756 e. The van der Waals surface area contributed by atoms with Gasteiger partial charge in [-0.05, 0) is 89.9 Å². The summed E-state index contributed by atoms with van der Waals surface area (Å²) in [6, 6.07) is 0. The molecule has 0 heterocycles. The molecule has 2 atom stereocenters. The SMILES string of the molecule is CC/C=C\C/C=C\C/C=C\C/C=C\C/C=C\C/C=C\CCCOCC(COP(=O)([O-])OCC[N+](C)(C)C)OC(=O)CCCCCCCCCCCCC/C=C\C/C=C\CCCCCCC. The maximum Gasteiger partial charge on any atom is 0.306 e. The van der Waals surface area contributed by atoms with Crippen molar-refractivity contribution in [3.8, 4) is 0 Å². The first kappa shape index (κ1) is 62.4. The normalized spacial score (nSPS) is 14.4. The molecule has 0 aromatic rings. The molecule has 8 nitrogen and oxygen atoms in total. The number of allylic oxidation sites excluding steroid dienone is 16. The molecule has 0 spiro atoms. The predicted molar refractivity (Wildman–Crippen MR) is 277 cm³/mol. The summed E-state index contributed by atoms with van der Waals surface area (Å²) in [5, 5.41) is 0. The fourth-order valence-corrected chi connectivity index (χ4v) is 7.38. The van der Waals surface area contributed by atoms with Crippen LogP contribution in [0.3, 0.4) is 0 Å². The van der Waals surface area contributed by atoms with Gasteiger partial charge in [-0.1, -0.05) is 195 Å². The third kappa shape index (κ3) is 52.3. The first-order valence-electron chi connectivity index (χ1n) is 26.0. The van der Waals surface area contributed by atoms with E-state index in [4.69, 9.17) is 18.5 Å². The van der Waals surface area contributed by atoms with Crippen LogP contribution in [0, 0.1) is 0 Å². The van der Waals surface area contributed by atoms with Crippen LogP contribution in [-0.2, 0) is 27.9 Å². The van der Waals surface area contributed by atoms with Crippen LogP contribution in [0.15, 0.2) is 97.2 Å². The van der Waals surface area contributed by atoms with E-state index in [1.165, 1.54) is 96.3 Å². The molecule has 0 aromatic heterocycles. The average Bonchev–Trinajstić information content (AvgIpc) is 3.27. The monoisotopic (exact) mass is 928 g/mol. The highest BCUT2D eigenvalue weighted by atomic mass is 31.2. The van der Waals surface area contributed by atoms with Crippen LogP contribution in [0.25, 0.3) is 0 Å². The Balaban J connectivity index is 4.25. The van der Waals surface area contributed by atoms with Crippen LogP contribution < -0.4 is 4.89 Å². The Labute approximate surface area is 400 Å². The van der Waals surface area contributed by atoms with E-state index < -0.39 is 13.9 Å². The van der Waals surface area contributed by atoms with Crippen molar-refractivity contribution >= 4 is 13.8 Å². The minimum atomic E-state index is -4.55. The minimum absolute atomic E-state index is 0.00974. The van der Waals surface area contributed by atoms with E-state index in [1.807, 2.05) is 21.1 Å². The van der Waals surface area contributed by atoms with Gasteiger partial charge in [0.05, 0.1) is 34.4 Å². The second-order valence-electron chi connectivity index (χ2n) is 18.1. The van der Waals surface area contributed by atoms with Gasteiger partial charge in [-0.15, -0.1) is 0 Å². The lowest BCUT2D eigenvalue weighted by Crippen LogP contribution is -2.37. The molecular formula is C56H98NO7P. The van der Waals surface area contributed by atoms with Crippen LogP contribution in [0.1, 0.15) is 194 Å². The second-order valence-corrected chi connectivity index (χ2v) is 19.6. The molecule has 374 valence electrons. The van der Waals surface area contributed by atoms with Gasteiger partial charge in [-0.25, -0.2) is 0 Å². The minimum Gasteiger partial charge on any atom is -0.756 e. The number of phosphoric ester groups is 1. The Kier molecular flexibility index (Phi) is 46.0. The summed E-state index contributed by atoms with van der Waals surface area (Å²) in [5.41, 5.74) is 0. The van der Waals surface area contributed by atoms with E-state index in [9.17, 15) is 14.3 Å². The number of esters is 1. The Morgan fingerprint density at radius 2 is 0.892 bits per heavy atom. The van der Waals surface area contributed by atoms with Crippen molar-refractivity contribution in [2.75, 3.05) is 54.1 Å². The molecule has 2 unspecified atom stereocenters. The number of hydrogen-bond donors (Lipinski definition) is 0. The number of rotatable bonds is 47. The summed E-state index contributed by atoms with van der Waals surface area (Å²) in [5.74, 6) is -0.359. The Morgan fingerprint density at radius 3 is 1.34 bits per heavy atom. The van der Waals surface area contributed by atoms with Gasteiger partial charge in [-0.2, -0.15) is 0 Å². The fraction of sp³-hybridized carbons (Fsp3) is 0.696. The average molecular weight is 928 g/mol. The number of carbonyl (C=O) groups excluding carboxylic acids is 1. The molecule has 9 heteroatoms. The molecule has 65 heavy (non-hydrogen) atoms. The van der Waals surface area contributed by atoms with Gasteiger partial charge in [-0.3, -0.25) is 9.36 Å². The van der Waals surface area contributed by atoms with E-state index in [1.54, 1.807) is 0 Å². The third-order valence-electron chi connectivity index (χ3n) is 10.6. The van der Waals surface area contributed by atoms with Gasteiger partial charge < -0.3 is 27.9 Å². The third-order valence-corrected chi connectivity index (χ3v) is 11.6. The molecule has 0 aliphatic heterocycles. The molecule has 0 bridgehead atoms. The molecule has 0 rings (SSSR count). The van der Waals surface area contributed by atoms with Crippen LogP contribution in [-0.4, -0.2) is 70.7 Å². The van der Waals surface area contributed by atoms with Crippen LogP contribution in [0.2, 0.25) is 0 Å². The Morgan fingerprint density at radius 1 is 0.492 bits per heavy atom. The molecule has 0 radical (unpaired) electrons. The van der Waals surface area contributed by atoms with Crippen LogP contribution in [0.5, 0.6) is 0 Å². The molecule has 0 aromatic carbocycles. The lowest BCUT2D eigenvalue weighted by Gasteiger charge is -2.28. The molecule has 0 N–H and O–H groups in total. The van der Waals surface area contributed by atoms with E-state index in [0.29, 0.717) is 24.1 Å². The molecule has 0 saturated heterocycles. The molecule has 0 saturated carbocycles. The second kappa shape index (κ2) is 47.9. The van der Waals surface area contributed by atoms with E-state index in [0.717, 1.165) is 77.0 Å². The topological polar surface area (TPSA) is 94.1 Å². The smallest absolute Gasteiger partial charge is 0.306 e. The number of phosphoric acid groups is 1. The van der Waals surface area contributed by atoms with Gasteiger partial charge in [0.1, 0.15) is 19.3 Å². The number of unbranched alkanes of at least 4 members (excludes halogenated alkanes) is 17. The highest BCUT2D eigenvalue weighted by Crippen LogP contribution is 2.38. The quantitative estimate of drug-likeness (QED) is 0.0197. The first-order valence-corrected chi connectivity index (χ1v) is 27.4.